The van der Waals surface area contributed by atoms with Crippen LogP contribution in [-0.2, 0) is 6.54 Å². The van der Waals surface area contributed by atoms with Crippen LogP contribution in [0.3, 0.4) is 0 Å². The Morgan fingerprint density at radius 1 is 1.29 bits per heavy atom. The fourth-order valence-electron chi connectivity index (χ4n) is 2.87. The fourth-order valence-corrected chi connectivity index (χ4v) is 3.58. The van der Waals surface area contributed by atoms with Crippen LogP contribution in [0.5, 0.6) is 0 Å². The molecule has 132 valence electrons. The fraction of sp³-hybridized carbons (Fsp3) is 0.500. The van der Waals surface area contributed by atoms with Crippen molar-refractivity contribution in [1.29, 1.82) is 0 Å². The van der Waals surface area contributed by atoms with Crippen LogP contribution < -0.4 is 10.6 Å². The van der Waals surface area contributed by atoms with E-state index < -0.39 is 0 Å². The number of likely N-dealkylation sites (N-methyl/N-ethyl adjacent to an activating group) is 1. The summed E-state index contributed by atoms with van der Waals surface area (Å²) in [7, 11) is 0. The summed E-state index contributed by atoms with van der Waals surface area (Å²) in [4.78, 5) is 14.5. The van der Waals surface area contributed by atoms with Crippen LogP contribution in [0, 0.1) is 13.8 Å². The van der Waals surface area contributed by atoms with E-state index in [1.165, 1.54) is 5.56 Å². The molecule has 1 unspecified atom stereocenters. The van der Waals surface area contributed by atoms with Gasteiger partial charge in [-0.15, -0.1) is 0 Å². The molecule has 2 amide bonds. The molecule has 1 atom stereocenters. The molecular weight excluding hydrogens is 322 g/mol. The Morgan fingerprint density at radius 2 is 2.04 bits per heavy atom. The van der Waals surface area contributed by atoms with Gasteiger partial charge in [-0.1, -0.05) is 13.8 Å². The standard InChI is InChI=1S/C18H27N3O2S/c1-5-21(6-2)17(15-7-8-24-12-15)11-20-18(22)19-10-16-9-13(3)23-14(16)4/h7-9,12,17H,5-6,10-11H2,1-4H3,(H2,19,20,22). The van der Waals surface area contributed by atoms with Crippen LogP contribution in [0.25, 0.3) is 0 Å². The highest BCUT2D eigenvalue weighted by Crippen LogP contribution is 2.22. The minimum atomic E-state index is -0.152. The van der Waals surface area contributed by atoms with Gasteiger partial charge in [-0.2, -0.15) is 11.3 Å². The van der Waals surface area contributed by atoms with E-state index in [1.807, 2.05) is 19.9 Å². The van der Waals surface area contributed by atoms with Crippen LogP contribution in [0.1, 0.15) is 42.5 Å². The lowest BCUT2D eigenvalue weighted by Gasteiger charge is -2.29. The molecule has 0 aliphatic carbocycles. The molecule has 2 heterocycles. The normalized spacial score (nSPS) is 12.4. The molecule has 0 spiro atoms. The lowest BCUT2D eigenvalue weighted by Crippen LogP contribution is -2.41. The zero-order chi connectivity index (χ0) is 17.5. The van der Waals surface area contributed by atoms with Gasteiger partial charge in [-0.3, -0.25) is 4.90 Å². The number of nitrogens with one attached hydrogen (secondary N) is 2. The maximum Gasteiger partial charge on any atom is 0.315 e. The summed E-state index contributed by atoms with van der Waals surface area (Å²) in [6.07, 6.45) is 0. The van der Waals surface area contributed by atoms with Crippen LogP contribution in [0.2, 0.25) is 0 Å². The summed E-state index contributed by atoms with van der Waals surface area (Å²) < 4.78 is 5.48. The van der Waals surface area contributed by atoms with Gasteiger partial charge in [-0.05, 0) is 55.4 Å². The number of furan rings is 1. The van der Waals surface area contributed by atoms with Crippen LogP contribution in [0.15, 0.2) is 27.3 Å². The van der Waals surface area contributed by atoms with E-state index in [0.29, 0.717) is 13.1 Å². The Morgan fingerprint density at radius 3 is 2.58 bits per heavy atom. The zero-order valence-corrected chi connectivity index (χ0v) is 15.7. The van der Waals surface area contributed by atoms with E-state index in [0.717, 1.165) is 30.2 Å². The first-order chi connectivity index (χ1) is 11.5. The van der Waals surface area contributed by atoms with Gasteiger partial charge >= 0.3 is 6.03 Å². The van der Waals surface area contributed by atoms with Gasteiger partial charge in [0.15, 0.2) is 0 Å². The number of carbonyl (C=O) groups excluding carboxylic acids is 1. The van der Waals surface area contributed by atoms with Crippen molar-refractivity contribution in [3.63, 3.8) is 0 Å². The van der Waals surface area contributed by atoms with E-state index in [2.05, 4.69) is 46.2 Å². The van der Waals surface area contributed by atoms with Crippen molar-refractivity contribution < 1.29 is 9.21 Å². The van der Waals surface area contributed by atoms with Gasteiger partial charge in [0.2, 0.25) is 0 Å². The number of nitrogens with zero attached hydrogens (tertiary/aromatic N) is 1. The Kier molecular flexibility index (Phi) is 6.87. The van der Waals surface area contributed by atoms with Crippen molar-refractivity contribution in [2.75, 3.05) is 19.6 Å². The highest BCUT2D eigenvalue weighted by Gasteiger charge is 2.19. The average Bonchev–Trinajstić information content (AvgIpc) is 3.19. The molecule has 2 aromatic heterocycles. The maximum absolute atomic E-state index is 12.1. The monoisotopic (exact) mass is 349 g/mol. The number of hydrogen-bond acceptors (Lipinski definition) is 4. The predicted molar refractivity (Wildman–Crippen MR) is 98.4 cm³/mol. The summed E-state index contributed by atoms with van der Waals surface area (Å²) in [5, 5.41) is 10.1. The van der Waals surface area contributed by atoms with Gasteiger partial charge < -0.3 is 15.1 Å². The van der Waals surface area contributed by atoms with Crippen LogP contribution >= 0.6 is 11.3 Å². The second-order valence-corrected chi connectivity index (χ2v) is 6.58. The Hall–Kier alpha value is -1.79. The number of carbonyl (C=O) groups is 1. The lowest BCUT2D eigenvalue weighted by molar-refractivity contribution is 0.206. The first-order valence-corrected chi connectivity index (χ1v) is 9.33. The van der Waals surface area contributed by atoms with Gasteiger partial charge in [0.1, 0.15) is 11.5 Å². The summed E-state index contributed by atoms with van der Waals surface area (Å²) in [5.74, 6) is 1.72. The third-order valence-corrected chi connectivity index (χ3v) is 4.92. The number of aryl methyl sites for hydroxylation is 2. The smallest absolute Gasteiger partial charge is 0.315 e. The molecule has 6 heteroatoms. The van der Waals surface area contributed by atoms with Crippen LogP contribution in [0.4, 0.5) is 4.79 Å². The molecule has 2 aromatic rings. The second-order valence-electron chi connectivity index (χ2n) is 5.80. The van der Waals surface area contributed by atoms with Crippen molar-refractivity contribution in [1.82, 2.24) is 15.5 Å². The number of hydrogen-bond donors (Lipinski definition) is 2. The third kappa shape index (κ3) is 4.85. The quantitative estimate of drug-likeness (QED) is 0.761. The van der Waals surface area contributed by atoms with Crippen molar-refractivity contribution in [3.05, 3.63) is 45.5 Å². The number of thiophene rings is 1. The maximum atomic E-state index is 12.1. The topological polar surface area (TPSA) is 57.5 Å². The first kappa shape index (κ1) is 18.5. The number of urea groups is 1. The molecule has 0 aliphatic heterocycles. The molecule has 0 fully saturated rings. The van der Waals surface area contributed by atoms with Crippen molar-refractivity contribution >= 4 is 17.4 Å². The number of amides is 2. The van der Waals surface area contributed by atoms with E-state index in [9.17, 15) is 4.79 Å². The van der Waals surface area contributed by atoms with Gasteiger partial charge in [0.05, 0.1) is 6.04 Å². The molecule has 5 nitrogen and oxygen atoms in total. The van der Waals surface area contributed by atoms with E-state index in [4.69, 9.17) is 4.42 Å². The Labute approximate surface area is 148 Å². The van der Waals surface area contributed by atoms with Crippen molar-refractivity contribution in [2.24, 2.45) is 0 Å². The van der Waals surface area contributed by atoms with Crippen molar-refractivity contribution in [2.45, 2.75) is 40.3 Å². The summed E-state index contributed by atoms with van der Waals surface area (Å²) in [5.41, 5.74) is 2.27. The average molecular weight is 350 g/mol. The molecule has 0 aliphatic rings. The lowest BCUT2D eigenvalue weighted by atomic mass is 10.1. The summed E-state index contributed by atoms with van der Waals surface area (Å²) in [6.45, 7) is 11.1. The number of rotatable bonds is 8. The molecule has 2 N–H and O–H groups in total. The molecule has 0 saturated heterocycles. The summed E-state index contributed by atoms with van der Waals surface area (Å²) in [6, 6.07) is 4.14. The minimum absolute atomic E-state index is 0.152. The third-order valence-electron chi connectivity index (χ3n) is 4.22. The minimum Gasteiger partial charge on any atom is -0.466 e. The first-order valence-electron chi connectivity index (χ1n) is 8.38. The Balaban J connectivity index is 1.89. The molecule has 2 rings (SSSR count). The van der Waals surface area contributed by atoms with Gasteiger partial charge in [0, 0.05) is 18.7 Å². The van der Waals surface area contributed by atoms with Gasteiger partial charge in [-0.25, -0.2) is 4.79 Å². The zero-order valence-electron chi connectivity index (χ0n) is 14.9. The Bertz CT molecular complexity index is 633. The second kappa shape index (κ2) is 8.89. The van der Waals surface area contributed by atoms with E-state index in [-0.39, 0.29) is 12.1 Å². The predicted octanol–water partition coefficient (Wildman–Crippen LogP) is 3.84. The SMILES string of the molecule is CCN(CC)C(CNC(=O)NCc1cc(C)oc1C)c1ccsc1. The largest absolute Gasteiger partial charge is 0.466 e. The van der Waals surface area contributed by atoms with Crippen LogP contribution in [-0.4, -0.2) is 30.6 Å². The highest BCUT2D eigenvalue weighted by atomic mass is 32.1. The molecule has 0 radical (unpaired) electrons. The molecule has 0 saturated carbocycles. The van der Waals surface area contributed by atoms with E-state index in [1.54, 1.807) is 11.3 Å². The molecule has 0 aromatic carbocycles. The molecule has 24 heavy (non-hydrogen) atoms. The molecule has 0 bridgehead atoms. The van der Waals surface area contributed by atoms with E-state index >= 15 is 0 Å². The van der Waals surface area contributed by atoms with Crippen molar-refractivity contribution in [3.8, 4) is 0 Å². The van der Waals surface area contributed by atoms with Gasteiger partial charge in [0.25, 0.3) is 0 Å². The highest BCUT2D eigenvalue weighted by molar-refractivity contribution is 7.07. The molecular formula is C18H27N3O2S. The summed E-state index contributed by atoms with van der Waals surface area (Å²) >= 11 is 1.69.